The Morgan fingerprint density at radius 2 is 1.88 bits per heavy atom. The number of fused-ring (bicyclic) bond motifs is 2. The third-order valence-corrected chi connectivity index (χ3v) is 4.88. The van der Waals surface area contributed by atoms with Gasteiger partial charge in [0, 0.05) is 6.42 Å². The highest BCUT2D eigenvalue weighted by atomic mass is 16.5. The van der Waals surface area contributed by atoms with Crippen molar-refractivity contribution in [2.75, 3.05) is 28.4 Å². The van der Waals surface area contributed by atoms with Gasteiger partial charge < -0.3 is 24.1 Å². The molecule has 2 aliphatic heterocycles. The van der Waals surface area contributed by atoms with Crippen molar-refractivity contribution in [2.24, 2.45) is 0 Å². The fraction of sp³-hybridized carbons (Fsp3) is 0.556. The van der Waals surface area contributed by atoms with E-state index in [4.69, 9.17) is 18.9 Å². The minimum absolute atomic E-state index is 0.218. The molecule has 6 heteroatoms. The van der Waals surface area contributed by atoms with Crippen LogP contribution in [0.3, 0.4) is 0 Å². The fourth-order valence-electron chi connectivity index (χ4n) is 3.65. The fourth-order valence-corrected chi connectivity index (χ4v) is 3.65. The summed E-state index contributed by atoms with van der Waals surface area (Å²) in [6, 6.07) is 3.87. The Morgan fingerprint density at radius 3 is 2.42 bits per heavy atom. The van der Waals surface area contributed by atoms with Crippen molar-refractivity contribution in [1.29, 1.82) is 0 Å². The standard InChI is InChI=1S/C18H25NO5/c1-18(2,20)13-9-11-15(22-5)10-7-8-12(21-4)16(23-6)14(10)19(3)17(11)24-13/h7-8,13,17,20H,9H2,1-6H3/p+1. The van der Waals surface area contributed by atoms with Crippen LogP contribution in [0.4, 0.5) is 5.69 Å². The number of likely N-dealkylation sites (N-methyl/N-ethyl adjacent to an activating group) is 1. The molecular weight excluding hydrogens is 310 g/mol. The zero-order valence-electron chi connectivity index (χ0n) is 15.1. The van der Waals surface area contributed by atoms with Crippen LogP contribution in [0.25, 0.3) is 5.76 Å². The van der Waals surface area contributed by atoms with E-state index in [1.165, 1.54) is 0 Å². The highest BCUT2D eigenvalue weighted by molar-refractivity contribution is 5.78. The number of ether oxygens (including phenoxy) is 4. The Morgan fingerprint density at radius 1 is 1.17 bits per heavy atom. The first kappa shape index (κ1) is 17.1. The molecule has 3 unspecified atom stereocenters. The molecule has 0 spiro atoms. The second-order valence-electron chi connectivity index (χ2n) is 6.83. The molecule has 132 valence electrons. The van der Waals surface area contributed by atoms with E-state index in [2.05, 4.69) is 0 Å². The SMILES string of the molecule is COC1=C2CC(C(C)(C)O)OC2[NH+](C)c2c1ccc(OC)c2OC. The average Bonchev–Trinajstić information content (AvgIpc) is 3.00. The van der Waals surface area contributed by atoms with Crippen LogP contribution in [0.15, 0.2) is 17.7 Å². The first-order valence-corrected chi connectivity index (χ1v) is 8.07. The lowest BCUT2D eigenvalue weighted by molar-refractivity contribution is -0.860. The first-order valence-electron chi connectivity index (χ1n) is 8.07. The van der Waals surface area contributed by atoms with Crippen LogP contribution in [-0.4, -0.2) is 51.4 Å². The lowest BCUT2D eigenvalue weighted by Crippen LogP contribution is -3.09. The molecule has 0 amide bonds. The Labute approximate surface area is 142 Å². The van der Waals surface area contributed by atoms with E-state index in [1.54, 1.807) is 35.2 Å². The third kappa shape index (κ3) is 2.46. The van der Waals surface area contributed by atoms with Crippen LogP contribution in [-0.2, 0) is 9.47 Å². The number of benzene rings is 1. The van der Waals surface area contributed by atoms with Gasteiger partial charge in [-0.3, -0.25) is 4.90 Å². The van der Waals surface area contributed by atoms with Crippen molar-refractivity contribution < 1.29 is 29.0 Å². The van der Waals surface area contributed by atoms with Crippen LogP contribution in [0.1, 0.15) is 25.8 Å². The molecular formula is C18H26NO5+. The molecule has 6 nitrogen and oxygen atoms in total. The summed E-state index contributed by atoms with van der Waals surface area (Å²) in [5.74, 6) is 2.15. The average molecular weight is 336 g/mol. The topological polar surface area (TPSA) is 61.6 Å². The summed E-state index contributed by atoms with van der Waals surface area (Å²) in [5.41, 5.74) is 2.07. The van der Waals surface area contributed by atoms with E-state index in [9.17, 15) is 5.11 Å². The molecule has 0 aromatic heterocycles. The molecule has 1 aromatic carbocycles. The number of rotatable bonds is 4. The van der Waals surface area contributed by atoms with Crippen LogP contribution >= 0.6 is 0 Å². The molecule has 3 atom stereocenters. The van der Waals surface area contributed by atoms with Gasteiger partial charge in [-0.05, 0) is 26.0 Å². The third-order valence-electron chi connectivity index (χ3n) is 4.88. The number of methoxy groups -OCH3 is 3. The monoisotopic (exact) mass is 336 g/mol. The second kappa shape index (κ2) is 5.95. The lowest BCUT2D eigenvalue weighted by atomic mass is 9.92. The molecule has 1 saturated heterocycles. The minimum Gasteiger partial charge on any atom is -0.496 e. The molecule has 0 aliphatic carbocycles. The van der Waals surface area contributed by atoms with E-state index in [1.807, 2.05) is 19.2 Å². The van der Waals surface area contributed by atoms with Crippen molar-refractivity contribution in [3.8, 4) is 11.5 Å². The summed E-state index contributed by atoms with van der Waals surface area (Å²) < 4.78 is 22.9. The number of nitrogens with one attached hydrogen (secondary N) is 1. The van der Waals surface area contributed by atoms with Crippen LogP contribution in [0, 0.1) is 0 Å². The lowest BCUT2D eigenvalue weighted by Gasteiger charge is -2.31. The molecule has 1 fully saturated rings. The van der Waals surface area contributed by atoms with Gasteiger partial charge in [-0.1, -0.05) is 0 Å². The van der Waals surface area contributed by atoms with Gasteiger partial charge in [-0.25, -0.2) is 0 Å². The first-order chi connectivity index (χ1) is 11.3. The highest BCUT2D eigenvalue weighted by Gasteiger charge is 2.49. The second-order valence-corrected chi connectivity index (χ2v) is 6.83. The number of aliphatic hydroxyl groups is 1. The largest absolute Gasteiger partial charge is 0.496 e. The summed E-state index contributed by atoms with van der Waals surface area (Å²) >= 11 is 0. The van der Waals surface area contributed by atoms with Crippen molar-refractivity contribution in [1.82, 2.24) is 0 Å². The van der Waals surface area contributed by atoms with Crippen LogP contribution in [0.2, 0.25) is 0 Å². The van der Waals surface area contributed by atoms with Gasteiger partial charge >= 0.3 is 0 Å². The molecule has 0 bridgehead atoms. The molecule has 0 saturated carbocycles. The van der Waals surface area contributed by atoms with Crippen molar-refractivity contribution in [2.45, 2.75) is 38.2 Å². The van der Waals surface area contributed by atoms with Crippen molar-refractivity contribution in [3.63, 3.8) is 0 Å². The van der Waals surface area contributed by atoms with Gasteiger partial charge in [0.2, 0.25) is 12.0 Å². The molecule has 2 N–H and O–H groups in total. The van der Waals surface area contributed by atoms with E-state index in [-0.39, 0.29) is 12.3 Å². The van der Waals surface area contributed by atoms with E-state index in [0.717, 1.165) is 27.5 Å². The summed E-state index contributed by atoms with van der Waals surface area (Å²) in [7, 11) is 6.95. The van der Waals surface area contributed by atoms with Crippen molar-refractivity contribution in [3.05, 3.63) is 23.3 Å². The van der Waals surface area contributed by atoms with Gasteiger partial charge in [0.25, 0.3) is 0 Å². The molecule has 1 aromatic rings. The normalized spacial score (nSPS) is 26.0. The molecule has 2 aliphatic rings. The predicted octanol–water partition coefficient (Wildman–Crippen LogP) is 1.11. The van der Waals surface area contributed by atoms with Gasteiger partial charge in [0.05, 0.1) is 51.2 Å². The number of hydrogen-bond donors (Lipinski definition) is 2. The smallest absolute Gasteiger partial charge is 0.223 e. The molecule has 0 radical (unpaired) electrons. The summed E-state index contributed by atoms with van der Waals surface area (Å²) in [6.45, 7) is 3.54. The minimum atomic E-state index is -0.919. The zero-order valence-corrected chi connectivity index (χ0v) is 15.1. The van der Waals surface area contributed by atoms with Gasteiger partial charge in [0.15, 0.2) is 11.4 Å². The highest BCUT2D eigenvalue weighted by Crippen LogP contribution is 2.45. The Hall–Kier alpha value is -1.76. The zero-order chi connectivity index (χ0) is 17.6. The van der Waals surface area contributed by atoms with Crippen LogP contribution < -0.4 is 14.4 Å². The molecule has 24 heavy (non-hydrogen) atoms. The Bertz CT molecular complexity index is 677. The quantitative estimate of drug-likeness (QED) is 0.862. The van der Waals surface area contributed by atoms with E-state index in [0.29, 0.717) is 17.9 Å². The Balaban J connectivity index is 2.16. The molecule has 3 rings (SSSR count). The maximum Gasteiger partial charge on any atom is 0.223 e. The number of hydrogen-bond acceptors (Lipinski definition) is 5. The van der Waals surface area contributed by atoms with Gasteiger partial charge in [-0.2, -0.15) is 0 Å². The van der Waals surface area contributed by atoms with E-state index >= 15 is 0 Å². The summed E-state index contributed by atoms with van der Waals surface area (Å²) in [5, 5.41) is 10.4. The van der Waals surface area contributed by atoms with Gasteiger partial charge in [0.1, 0.15) is 5.76 Å². The van der Waals surface area contributed by atoms with E-state index < -0.39 is 5.60 Å². The van der Waals surface area contributed by atoms with Crippen LogP contribution in [0.5, 0.6) is 11.5 Å². The number of quaternary nitrogens is 1. The van der Waals surface area contributed by atoms with Gasteiger partial charge in [-0.15, -0.1) is 0 Å². The molecule has 2 heterocycles. The van der Waals surface area contributed by atoms with Crippen molar-refractivity contribution >= 4 is 11.4 Å². The Kier molecular flexibility index (Phi) is 4.23. The summed E-state index contributed by atoms with van der Waals surface area (Å²) in [6.07, 6.45) is 0.146. The maximum atomic E-state index is 10.4. The maximum absolute atomic E-state index is 10.4. The summed E-state index contributed by atoms with van der Waals surface area (Å²) in [4.78, 5) is 1.04. The predicted molar refractivity (Wildman–Crippen MR) is 89.6 cm³/mol.